The smallest absolute Gasteiger partial charge is 0.253 e. The molecule has 0 aromatic heterocycles. The predicted octanol–water partition coefficient (Wildman–Crippen LogP) is 2.16. The third-order valence-electron chi connectivity index (χ3n) is 4.65. The van der Waals surface area contributed by atoms with Crippen LogP contribution in [0.1, 0.15) is 35.3 Å². The number of benzene rings is 2. The molecule has 0 aliphatic carbocycles. The largest absolute Gasteiger partial charge is 0.337 e. The maximum absolute atomic E-state index is 12.8. The van der Waals surface area contributed by atoms with Crippen LogP contribution in [0.15, 0.2) is 59.5 Å². The van der Waals surface area contributed by atoms with Gasteiger partial charge in [-0.25, -0.2) is 13.1 Å². The number of hydrogen-bond donors (Lipinski definition) is 2. The Morgan fingerprint density at radius 2 is 1.85 bits per heavy atom. The molecule has 1 fully saturated rings. The summed E-state index contributed by atoms with van der Waals surface area (Å²) in [6, 6.07) is 15.3. The van der Waals surface area contributed by atoms with Crippen LogP contribution in [-0.4, -0.2) is 45.4 Å². The molecule has 1 saturated heterocycles. The summed E-state index contributed by atoms with van der Waals surface area (Å²) >= 11 is 0. The summed E-state index contributed by atoms with van der Waals surface area (Å²) in [7, 11) is -3.73. The van der Waals surface area contributed by atoms with Gasteiger partial charge in [-0.3, -0.25) is 4.79 Å². The maximum Gasteiger partial charge on any atom is 0.253 e. The molecular formula is C20H25N3O3S. The SMILES string of the molecule is CC(NS(=O)(=O)c1cccc(C(=O)N2CCCNCC2)c1)c1ccccc1. The van der Waals surface area contributed by atoms with Crippen LogP contribution in [0, 0.1) is 0 Å². The van der Waals surface area contributed by atoms with Crippen LogP contribution in [0.2, 0.25) is 0 Å². The van der Waals surface area contributed by atoms with Crippen molar-refractivity contribution in [3.63, 3.8) is 0 Å². The number of hydrogen-bond acceptors (Lipinski definition) is 4. The highest BCUT2D eigenvalue weighted by atomic mass is 32.2. The standard InChI is InChI=1S/C20H25N3O3S/c1-16(17-7-3-2-4-8-17)22-27(25,26)19-10-5-9-18(15-19)20(24)23-13-6-11-21-12-14-23/h2-5,7-10,15-16,21-22H,6,11-14H2,1H3. The second kappa shape index (κ2) is 8.65. The van der Waals surface area contributed by atoms with E-state index in [4.69, 9.17) is 0 Å². The van der Waals surface area contributed by atoms with E-state index in [9.17, 15) is 13.2 Å². The first kappa shape index (κ1) is 19.5. The molecule has 0 radical (unpaired) electrons. The molecule has 1 amide bonds. The molecule has 0 saturated carbocycles. The van der Waals surface area contributed by atoms with Crippen LogP contribution < -0.4 is 10.0 Å². The first-order valence-corrected chi connectivity index (χ1v) is 10.6. The Hall–Kier alpha value is -2.22. The van der Waals surface area contributed by atoms with Gasteiger partial charge in [0, 0.05) is 31.2 Å². The molecule has 2 aromatic carbocycles. The fourth-order valence-corrected chi connectivity index (χ4v) is 4.42. The molecular weight excluding hydrogens is 362 g/mol. The summed E-state index contributed by atoms with van der Waals surface area (Å²) in [5.74, 6) is -0.133. The summed E-state index contributed by atoms with van der Waals surface area (Å²) in [6.07, 6.45) is 0.889. The molecule has 7 heteroatoms. The number of amides is 1. The minimum absolute atomic E-state index is 0.101. The zero-order valence-electron chi connectivity index (χ0n) is 15.4. The molecule has 1 unspecified atom stereocenters. The number of nitrogens with one attached hydrogen (secondary N) is 2. The summed E-state index contributed by atoms with van der Waals surface area (Å²) in [5.41, 5.74) is 1.28. The predicted molar refractivity (Wildman–Crippen MR) is 105 cm³/mol. The van der Waals surface area contributed by atoms with Gasteiger partial charge >= 0.3 is 0 Å². The highest BCUT2D eigenvalue weighted by Crippen LogP contribution is 2.18. The van der Waals surface area contributed by atoms with E-state index < -0.39 is 10.0 Å². The molecule has 1 aliphatic rings. The lowest BCUT2D eigenvalue weighted by atomic mass is 10.1. The molecule has 144 valence electrons. The van der Waals surface area contributed by atoms with E-state index >= 15 is 0 Å². The molecule has 6 nitrogen and oxygen atoms in total. The summed E-state index contributed by atoms with van der Waals surface area (Å²) in [6.45, 7) is 4.73. The molecule has 27 heavy (non-hydrogen) atoms. The molecule has 1 heterocycles. The molecule has 0 bridgehead atoms. The van der Waals surface area contributed by atoms with Crippen molar-refractivity contribution in [2.24, 2.45) is 0 Å². The third kappa shape index (κ3) is 4.94. The van der Waals surface area contributed by atoms with Crippen LogP contribution in [0.25, 0.3) is 0 Å². The Morgan fingerprint density at radius 1 is 1.07 bits per heavy atom. The first-order valence-electron chi connectivity index (χ1n) is 9.15. The average Bonchev–Trinajstić information content (AvgIpc) is 2.97. The first-order chi connectivity index (χ1) is 13.0. The summed E-state index contributed by atoms with van der Waals surface area (Å²) in [4.78, 5) is 14.6. The minimum Gasteiger partial charge on any atom is -0.337 e. The Morgan fingerprint density at radius 3 is 2.63 bits per heavy atom. The van der Waals surface area contributed by atoms with Crippen LogP contribution in [0.5, 0.6) is 0 Å². The van der Waals surface area contributed by atoms with Crippen LogP contribution in [0.3, 0.4) is 0 Å². The Kier molecular flexibility index (Phi) is 6.26. The van der Waals surface area contributed by atoms with E-state index in [1.54, 1.807) is 24.0 Å². The molecule has 1 atom stereocenters. The van der Waals surface area contributed by atoms with E-state index in [2.05, 4.69) is 10.0 Å². The van der Waals surface area contributed by atoms with Crippen molar-refractivity contribution in [2.75, 3.05) is 26.2 Å². The van der Waals surface area contributed by atoms with Crippen molar-refractivity contribution in [1.82, 2.24) is 14.9 Å². The highest BCUT2D eigenvalue weighted by molar-refractivity contribution is 7.89. The quantitative estimate of drug-likeness (QED) is 0.824. The summed E-state index contributed by atoms with van der Waals surface area (Å²) in [5, 5.41) is 3.26. The number of nitrogens with zero attached hydrogens (tertiary/aromatic N) is 1. The van der Waals surface area contributed by atoms with Crippen LogP contribution in [-0.2, 0) is 10.0 Å². The lowest BCUT2D eigenvalue weighted by Gasteiger charge is -2.20. The average molecular weight is 388 g/mol. The van der Waals surface area contributed by atoms with Crippen molar-refractivity contribution < 1.29 is 13.2 Å². The van der Waals surface area contributed by atoms with E-state index in [1.165, 1.54) is 12.1 Å². The maximum atomic E-state index is 12.8. The van der Waals surface area contributed by atoms with Gasteiger partial charge in [-0.2, -0.15) is 0 Å². The van der Waals surface area contributed by atoms with Gasteiger partial charge < -0.3 is 10.2 Å². The molecule has 3 rings (SSSR count). The van der Waals surface area contributed by atoms with Crippen molar-refractivity contribution in [1.29, 1.82) is 0 Å². The fourth-order valence-electron chi connectivity index (χ4n) is 3.14. The molecule has 1 aliphatic heterocycles. The fraction of sp³-hybridized carbons (Fsp3) is 0.350. The normalized spacial score (nSPS) is 16.6. The van der Waals surface area contributed by atoms with Crippen molar-refractivity contribution in [2.45, 2.75) is 24.3 Å². The molecule has 0 spiro atoms. The van der Waals surface area contributed by atoms with E-state index in [1.807, 2.05) is 30.3 Å². The molecule has 2 aromatic rings. The van der Waals surface area contributed by atoms with Gasteiger partial charge in [0.1, 0.15) is 0 Å². The van der Waals surface area contributed by atoms with E-state index in [0.717, 1.165) is 25.1 Å². The zero-order valence-corrected chi connectivity index (χ0v) is 16.2. The Labute approximate surface area is 160 Å². The van der Waals surface area contributed by atoms with Crippen LogP contribution in [0.4, 0.5) is 0 Å². The van der Waals surface area contributed by atoms with Crippen LogP contribution >= 0.6 is 0 Å². The van der Waals surface area contributed by atoms with E-state index in [-0.39, 0.29) is 16.8 Å². The lowest BCUT2D eigenvalue weighted by molar-refractivity contribution is 0.0766. The minimum atomic E-state index is -3.73. The monoisotopic (exact) mass is 387 g/mol. The van der Waals surface area contributed by atoms with Gasteiger partial charge in [-0.05, 0) is 43.7 Å². The highest BCUT2D eigenvalue weighted by Gasteiger charge is 2.22. The van der Waals surface area contributed by atoms with Crippen molar-refractivity contribution in [3.05, 3.63) is 65.7 Å². The van der Waals surface area contributed by atoms with Gasteiger partial charge in [-0.1, -0.05) is 36.4 Å². The Balaban J connectivity index is 1.78. The van der Waals surface area contributed by atoms with Crippen molar-refractivity contribution >= 4 is 15.9 Å². The third-order valence-corrected chi connectivity index (χ3v) is 6.19. The van der Waals surface area contributed by atoms with Gasteiger partial charge in [0.2, 0.25) is 10.0 Å². The Bertz CT molecular complexity index is 876. The number of sulfonamides is 1. The number of carbonyl (C=O) groups excluding carboxylic acids is 1. The summed E-state index contributed by atoms with van der Waals surface area (Å²) < 4.78 is 28.2. The van der Waals surface area contributed by atoms with Gasteiger partial charge in [0.25, 0.3) is 5.91 Å². The lowest BCUT2D eigenvalue weighted by Crippen LogP contribution is -2.34. The second-order valence-corrected chi connectivity index (χ2v) is 8.39. The zero-order chi connectivity index (χ0) is 19.3. The van der Waals surface area contributed by atoms with Gasteiger partial charge in [0.05, 0.1) is 4.90 Å². The molecule has 2 N–H and O–H groups in total. The number of rotatable bonds is 5. The second-order valence-electron chi connectivity index (χ2n) is 6.68. The number of carbonyl (C=O) groups is 1. The van der Waals surface area contributed by atoms with Gasteiger partial charge in [0.15, 0.2) is 0 Å². The van der Waals surface area contributed by atoms with Gasteiger partial charge in [-0.15, -0.1) is 0 Å². The van der Waals surface area contributed by atoms with E-state index in [0.29, 0.717) is 18.7 Å². The topological polar surface area (TPSA) is 78.5 Å². The van der Waals surface area contributed by atoms with Crippen molar-refractivity contribution in [3.8, 4) is 0 Å².